The maximum absolute atomic E-state index is 4.46. The van der Waals surface area contributed by atoms with E-state index >= 15 is 0 Å². The van der Waals surface area contributed by atoms with E-state index < -0.39 is 0 Å². The first-order valence-corrected chi connectivity index (χ1v) is 4.82. The number of nitrogens with zero attached hydrogens (tertiary/aromatic N) is 3. The van der Waals surface area contributed by atoms with Crippen molar-refractivity contribution in [3.05, 3.63) is 0 Å². The Morgan fingerprint density at radius 2 is 1.83 bits per heavy atom. The lowest BCUT2D eigenvalue weighted by Crippen LogP contribution is -2.41. The summed E-state index contributed by atoms with van der Waals surface area (Å²) in [5.74, 6) is 0.810. The highest BCUT2D eigenvalue weighted by atomic mass is 15.5. The Bertz CT molecular complexity index is 167. The summed E-state index contributed by atoms with van der Waals surface area (Å²) in [6.07, 6.45) is 4.85. The fourth-order valence-electron chi connectivity index (χ4n) is 1.35. The molecule has 0 bridgehead atoms. The normalized spacial score (nSPS) is 26.9. The molecule has 0 spiro atoms. The number of likely N-dealkylation sites (N-methyl/N-ethyl adjacent to an activating group) is 1. The molecule has 0 aromatic rings. The van der Waals surface area contributed by atoms with Crippen molar-refractivity contribution >= 4 is 6.21 Å². The summed E-state index contributed by atoms with van der Waals surface area (Å²) < 4.78 is 0. The first kappa shape index (κ1) is 8.05. The van der Waals surface area contributed by atoms with Gasteiger partial charge in [0.25, 0.3) is 0 Å². The van der Waals surface area contributed by atoms with Crippen LogP contribution in [0.1, 0.15) is 12.8 Å². The van der Waals surface area contributed by atoms with Gasteiger partial charge >= 0.3 is 0 Å². The van der Waals surface area contributed by atoms with E-state index in [2.05, 4.69) is 28.3 Å². The molecule has 0 amide bonds. The molecule has 12 heavy (non-hydrogen) atoms. The highest BCUT2D eigenvalue weighted by Crippen LogP contribution is 2.26. The van der Waals surface area contributed by atoms with Crippen LogP contribution in [0.2, 0.25) is 0 Å². The maximum Gasteiger partial charge on any atom is 0.0488 e. The van der Waals surface area contributed by atoms with Gasteiger partial charge in [0.15, 0.2) is 0 Å². The minimum absolute atomic E-state index is 0.810. The molecule has 1 saturated carbocycles. The van der Waals surface area contributed by atoms with Crippen molar-refractivity contribution in [3.63, 3.8) is 0 Å². The fourth-order valence-corrected chi connectivity index (χ4v) is 1.35. The molecule has 1 heterocycles. The van der Waals surface area contributed by atoms with Crippen molar-refractivity contribution in [3.8, 4) is 0 Å². The summed E-state index contributed by atoms with van der Waals surface area (Å²) in [6.45, 7) is 4.50. The van der Waals surface area contributed by atoms with E-state index in [0.29, 0.717) is 0 Å². The summed E-state index contributed by atoms with van der Waals surface area (Å²) in [5, 5.41) is 6.65. The molecule has 2 aliphatic rings. The molecule has 3 nitrogen and oxygen atoms in total. The average molecular weight is 167 g/mol. The van der Waals surface area contributed by atoms with Crippen molar-refractivity contribution in [1.82, 2.24) is 9.91 Å². The highest BCUT2D eigenvalue weighted by Gasteiger charge is 2.19. The van der Waals surface area contributed by atoms with Crippen LogP contribution in [0.5, 0.6) is 0 Å². The standard InChI is InChI=1S/C9H17N3/c1-11-4-6-12(7-5-11)10-8-9-2-3-9/h8-9H,2-7H2,1H3/b10-8+. The monoisotopic (exact) mass is 167 g/mol. The number of hydrazone groups is 1. The number of hydrogen-bond donors (Lipinski definition) is 0. The molecule has 0 unspecified atom stereocenters. The van der Waals surface area contributed by atoms with E-state index in [1.165, 1.54) is 12.8 Å². The lowest BCUT2D eigenvalue weighted by atomic mass is 10.4. The van der Waals surface area contributed by atoms with Crippen LogP contribution in [0, 0.1) is 5.92 Å². The number of hydrogen-bond acceptors (Lipinski definition) is 3. The first-order valence-electron chi connectivity index (χ1n) is 4.82. The zero-order valence-electron chi connectivity index (χ0n) is 7.74. The van der Waals surface area contributed by atoms with Gasteiger partial charge in [-0.05, 0) is 25.8 Å². The van der Waals surface area contributed by atoms with Crippen LogP contribution >= 0.6 is 0 Å². The van der Waals surface area contributed by atoms with Crippen LogP contribution in [0.25, 0.3) is 0 Å². The zero-order valence-corrected chi connectivity index (χ0v) is 7.74. The predicted octanol–water partition coefficient (Wildman–Crippen LogP) is 0.630. The van der Waals surface area contributed by atoms with Crippen molar-refractivity contribution in [2.24, 2.45) is 11.0 Å². The Morgan fingerprint density at radius 3 is 2.42 bits per heavy atom. The van der Waals surface area contributed by atoms with Gasteiger partial charge in [-0.15, -0.1) is 0 Å². The van der Waals surface area contributed by atoms with Gasteiger partial charge in [0.2, 0.25) is 0 Å². The summed E-state index contributed by atoms with van der Waals surface area (Å²) in [5.41, 5.74) is 0. The molecule has 0 aromatic carbocycles. The molecule has 0 N–H and O–H groups in total. The second kappa shape index (κ2) is 3.44. The van der Waals surface area contributed by atoms with Gasteiger partial charge in [0.1, 0.15) is 0 Å². The smallest absolute Gasteiger partial charge is 0.0488 e. The van der Waals surface area contributed by atoms with E-state index in [9.17, 15) is 0 Å². The third kappa shape index (κ3) is 2.21. The van der Waals surface area contributed by atoms with Gasteiger partial charge in [0.05, 0.1) is 0 Å². The molecule has 2 fully saturated rings. The molecule has 2 rings (SSSR count). The lowest BCUT2D eigenvalue weighted by molar-refractivity contribution is 0.159. The van der Waals surface area contributed by atoms with E-state index in [-0.39, 0.29) is 0 Å². The van der Waals surface area contributed by atoms with E-state index in [0.717, 1.165) is 32.1 Å². The van der Waals surface area contributed by atoms with E-state index in [1.54, 1.807) is 0 Å². The molecule has 3 heteroatoms. The second-order valence-electron chi connectivity index (χ2n) is 3.86. The van der Waals surface area contributed by atoms with Gasteiger partial charge in [-0.2, -0.15) is 5.10 Å². The summed E-state index contributed by atoms with van der Waals surface area (Å²) in [7, 11) is 2.17. The van der Waals surface area contributed by atoms with Crippen molar-refractivity contribution < 1.29 is 0 Å². The molecule has 0 aromatic heterocycles. The predicted molar refractivity (Wildman–Crippen MR) is 50.3 cm³/mol. The molecule has 1 aliphatic heterocycles. The first-order chi connectivity index (χ1) is 5.84. The van der Waals surface area contributed by atoms with Gasteiger partial charge in [-0.3, -0.25) is 5.01 Å². The molecule has 0 radical (unpaired) electrons. The largest absolute Gasteiger partial charge is 0.303 e. The van der Waals surface area contributed by atoms with Gasteiger partial charge < -0.3 is 4.90 Å². The maximum atomic E-state index is 4.46. The molecular formula is C9H17N3. The van der Waals surface area contributed by atoms with E-state index in [1.807, 2.05) is 0 Å². The van der Waals surface area contributed by atoms with Crippen LogP contribution in [-0.4, -0.2) is 49.4 Å². The molecule has 1 saturated heterocycles. The Labute approximate surface area is 74.0 Å². The zero-order chi connectivity index (χ0) is 8.39. The van der Waals surface area contributed by atoms with Crippen LogP contribution in [0.15, 0.2) is 5.10 Å². The average Bonchev–Trinajstić information content (AvgIpc) is 2.87. The molecule has 1 aliphatic carbocycles. The van der Waals surface area contributed by atoms with Crippen LogP contribution < -0.4 is 0 Å². The SMILES string of the molecule is CN1CCN(/N=C/C2CC2)CC1. The Morgan fingerprint density at radius 1 is 1.17 bits per heavy atom. The van der Waals surface area contributed by atoms with Gasteiger partial charge in [-0.1, -0.05) is 0 Å². The van der Waals surface area contributed by atoms with Crippen molar-refractivity contribution in [1.29, 1.82) is 0 Å². The Kier molecular flexibility index (Phi) is 2.30. The second-order valence-corrected chi connectivity index (χ2v) is 3.86. The lowest BCUT2D eigenvalue weighted by Gasteiger charge is -2.30. The molecule has 68 valence electrons. The van der Waals surface area contributed by atoms with Crippen molar-refractivity contribution in [2.75, 3.05) is 33.2 Å². The molecular weight excluding hydrogens is 150 g/mol. The van der Waals surface area contributed by atoms with Crippen LogP contribution in [-0.2, 0) is 0 Å². The fraction of sp³-hybridized carbons (Fsp3) is 0.889. The Balaban J connectivity index is 1.73. The van der Waals surface area contributed by atoms with Crippen LogP contribution in [0.3, 0.4) is 0 Å². The summed E-state index contributed by atoms with van der Waals surface area (Å²) in [4.78, 5) is 2.35. The van der Waals surface area contributed by atoms with Crippen LogP contribution in [0.4, 0.5) is 0 Å². The highest BCUT2D eigenvalue weighted by molar-refractivity contribution is 5.63. The Hall–Kier alpha value is -0.570. The van der Waals surface area contributed by atoms with Gasteiger partial charge in [-0.25, -0.2) is 0 Å². The van der Waals surface area contributed by atoms with Crippen molar-refractivity contribution in [2.45, 2.75) is 12.8 Å². The third-order valence-electron chi connectivity index (χ3n) is 2.54. The molecule has 0 atom stereocenters. The van der Waals surface area contributed by atoms with E-state index in [4.69, 9.17) is 0 Å². The third-order valence-corrected chi connectivity index (χ3v) is 2.54. The van der Waals surface area contributed by atoms with Gasteiger partial charge in [0, 0.05) is 32.4 Å². The summed E-state index contributed by atoms with van der Waals surface area (Å²) >= 11 is 0. The topological polar surface area (TPSA) is 18.8 Å². The number of rotatable bonds is 2. The quantitative estimate of drug-likeness (QED) is 0.562. The number of piperazine rings is 1. The summed E-state index contributed by atoms with van der Waals surface area (Å²) in [6, 6.07) is 0. The minimum atomic E-state index is 0.810. The minimum Gasteiger partial charge on any atom is -0.303 e.